The summed E-state index contributed by atoms with van der Waals surface area (Å²) in [4.78, 5) is 0. The van der Waals surface area contributed by atoms with Gasteiger partial charge in [-0.15, -0.1) is 0 Å². The number of fused-ring (bicyclic) bond motifs is 4. The third-order valence-electron chi connectivity index (χ3n) is 9.70. The van der Waals surface area contributed by atoms with Crippen LogP contribution in [0.5, 0.6) is 0 Å². The number of rotatable bonds is 3. The van der Waals surface area contributed by atoms with Crippen molar-refractivity contribution in [3.63, 3.8) is 0 Å². The minimum absolute atomic E-state index is 0.0912. The summed E-state index contributed by atoms with van der Waals surface area (Å²) in [6, 6.07) is 6.33. The minimum atomic E-state index is -3.43. The summed E-state index contributed by atoms with van der Waals surface area (Å²) in [5, 5.41) is 15.1. The Hall–Kier alpha value is -1.60. The first-order chi connectivity index (χ1) is 16.8. The van der Waals surface area contributed by atoms with Crippen LogP contribution in [0.1, 0.15) is 56.6 Å². The van der Waals surface area contributed by atoms with Crippen LogP contribution in [0, 0.1) is 17.3 Å². The summed E-state index contributed by atoms with van der Waals surface area (Å²) in [6.45, 7) is 3.17. The molecule has 1 aromatic rings. The fourth-order valence-electron chi connectivity index (χ4n) is 7.63. The summed E-state index contributed by atoms with van der Waals surface area (Å²) < 4.78 is 28.8. The molecule has 3 aliphatic carbocycles. The molecule has 0 radical (unpaired) electrons. The molecule has 2 N–H and O–H groups in total. The van der Waals surface area contributed by atoms with Crippen molar-refractivity contribution in [3.8, 4) is 0 Å². The van der Waals surface area contributed by atoms with Crippen LogP contribution < -0.4 is 5.32 Å². The van der Waals surface area contributed by atoms with Gasteiger partial charge < -0.3 is 10.4 Å². The number of halogens is 1. The third-order valence-corrected chi connectivity index (χ3v) is 12.0. The minimum Gasteiger partial charge on any atom is -0.392 e. The van der Waals surface area contributed by atoms with Crippen LogP contribution in [-0.4, -0.2) is 48.8 Å². The van der Waals surface area contributed by atoms with E-state index in [1.807, 2.05) is 12.3 Å². The Morgan fingerprint density at radius 1 is 1.20 bits per heavy atom. The molecule has 7 heteroatoms. The average molecular weight is 515 g/mol. The molecule has 3 fully saturated rings. The van der Waals surface area contributed by atoms with Crippen LogP contribution in [0.25, 0.3) is 5.57 Å². The predicted octanol–water partition coefficient (Wildman–Crippen LogP) is 4.67. The van der Waals surface area contributed by atoms with E-state index in [0.29, 0.717) is 19.0 Å². The second kappa shape index (κ2) is 8.76. The smallest absolute Gasteiger partial charge is 0.214 e. The molecule has 5 nitrogen and oxygen atoms in total. The van der Waals surface area contributed by atoms with E-state index in [1.165, 1.54) is 27.8 Å². The number of dihydropyridines is 1. The third kappa shape index (κ3) is 3.92. The van der Waals surface area contributed by atoms with Gasteiger partial charge in [0.2, 0.25) is 10.0 Å². The lowest BCUT2D eigenvalue weighted by Crippen LogP contribution is -2.46. The van der Waals surface area contributed by atoms with Gasteiger partial charge in [0.05, 0.1) is 17.9 Å². The Labute approximate surface area is 214 Å². The van der Waals surface area contributed by atoms with Crippen LogP contribution in [0.4, 0.5) is 0 Å². The standard InChI is InChI=1S/C28H35ClN2O3S/c1-18-21-8-11-28(18,25(32)16-21)17-35(33,34)31-13-9-19(10-14-31)26-24-7-6-23(29)15-22(24)5-4-20-3-2-12-30-27(20)26/h2-3,6-7,12,15,18,21,25,27,30,32H,4-5,8-11,13-14,16-17H2,1H3. The Balaban J connectivity index is 1.28. The highest BCUT2D eigenvalue weighted by atomic mass is 35.5. The van der Waals surface area contributed by atoms with E-state index in [1.54, 1.807) is 4.31 Å². The van der Waals surface area contributed by atoms with Gasteiger partial charge in [0.25, 0.3) is 0 Å². The largest absolute Gasteiger partial charge is 0.392 e. The number of sulfonamides is 1. The molecule has 2 bridgehead atoms. The molecule has 35 heavy (non-hydrogen) atoms. The van der Waals surface area contributed by atoms with Gasteiger partial charge in [-0.1, -0.05) is 36.2 Å². The molecule has 5 atom stereocenters. The fourth-order valence-corrected chi connectivity index (χ4v) is 10.0. The van der Waals surface area contributed by atoms with E-state index in [2.05, 4.69) is 36.5 Å². The number of hydrogen-bond donors (Lipinski definition) is 2. The number of nitrogens with one attached hydrogen (secondary N) is 1. The van der Waals surface area contributed by atoms with E-state index in [-0.39, 0.29) is 17.7 Å². The topological polar surface area (TPSA) is 69.6 Å². The Kier molecular flexibility index (Phi) is 5.95. The lowest BCUT2D eigenvalue weighted by Gasteiger charge is -2.38. The van der Waals surface area contributed by atoms with Crippen LogP contribution >= 0.6 is 11.6 Å². The van der Waals surface area contributed by atoms with Gasteiger partial charge in [0, 0.05) is 23.5 Å². The molecular formula is C28H35ClN2O3S. The molecule has 1 aromatic carbocycles. The van der Waals surface area contributed by atoms with Crippen molar-refractivity contribution in [2.24, 2.45) is 17.3 Å². The molecule has 0 amide bonds. The number of nitrogens with zero attached hydrogens (tertiary/aromatic N) is 1. The number of hydrogen-bond acceptors (Lipinski definition) is 4. The number of allylic oxidation sites excluding steroid dienone is 2. The number of aliphatic hydroxyl groups is 1. The summed E-state index contributed by atoms with van der Waals surface area (Å²) in [5.74, 6) is 0.842. The first kappa shape index (κ1) is 23.8. The molecule has 0 aromatic heterocycles. The molecule has 1 saturated heterocycles. The molecule has 2 heterocycles. The van der Waals surface area contributed by atoms with Crippen molar-refractivity contribution < 1.29 is 13.5 Å². The Bertz CT molecular complexity index is 1230. The van der Waals surface area contributed by atoms with Gasteiger partial charge >= 0.3 is 0 Å². The van der Waals surface area contributed by atoms with Crippen LogP contribution in [0.3, 0.4) is 0 Å². The summed E-state index contributed by atoms with van der Waals surface area (Å²) in [7, 11) is -3.43. The molecular weight excluding hydrogens is 480 g/mol. The number of aryl methyl sites for hydroxylation is 1. The quantitative estimate of drug-likeness (QED) is 0.614. The molecule has 2 saturated carbocycles. The van der Waals surface area contributed by atoms with Gasteiger partial charge in [0.1, 0.15) is 0 Å². The normalized spacial score (nSPS) is 34.8. The average Bonchev–Trinajstić information content (AvgIpc) is 3.18. The lowest BCUT2D eigenvalue weighted by molar-refractivity contribution is 0.0415. The predicted molar refractivity (Wildman–Crippen MR) is 140 cm³/mol. The van der Waals surface area contributed by atoms with Gasteiger partial charge in [-0.3, -0.25) is 0 Å². The molecule has 5 aliphatic rings. The Morgan fingerprint density at radius 2 is 2.00 bits per heavy atom. The maximum Gasteiger partial charge on any atom is 0.214 e. The maximum atomic E-state index is 13.6. The second-order valence-electron chi connectivity index (χ2n) is 11.2. The molecule has 188 valence electrons. The molecule has 6 rings (SSSR count). The monoisotopic (exact) mass is 514 g/mol. The van der Waals surface area contributed by atoms with Crippen molar-refractivity contribution in [1.82, 2.24) is 9.62 Å². The SMILES string of the molecule is CC1C2CCC1(CS(=O)(=O)N1CCC(=C3c4ccc(Cl)cc4CCC4=CC=CNC43)CC1)C(O)C2. The maximum absolute atomic E-state index is 13.6. The van der Waals surface area contributed by atoms with Crippen LogP contribution in [0.2, 0.25) is 5.02 Å². The number of piperidine rings is 1. The highest BCUT2D eigenvalue weighted by Crippen LogP contribution is 2.59. The van der Waals surface area contributed by atoms with Crippen molar-refractivity contribution in [1.29, 1.82) is 0 Å². The van der Waals surface area contributed by atoms with Gasteiger partial charge in [-0.25, -0.2) is 12.7 Å². The van der Waals surface area contributed by atoms with E-state index in [4.69, 9.17) is 11.6 Å². The van der Waals surface area contributed by atoms with Crippen molar-refractivity contribution >= 4 is 27.2 Å². The lowest BCUT2D eigenvalue weighted by atomic mass is 9.79. The highest BCUT2D eigenvalue weighted by Gasteiger charge is 2.59. The summed E-state index contributed by atoms with van der Waals surface area (Å²) in [5.41, 5.74) is 6.08. The zero-order chi connectivity index (χ0) is 24.4. The van der Waals surface area contributed by atoms with Gasteiger partial charge in [-0.2, -0.15) is 0 Å². The zero-order valence-corrected chi connectivity index (χ0v) is 21.9. The van der Waals surface area contributed by atoms with E-state index < -0.39 is 21.5 Å². The van der Waals surface area contributed by atoms with E-state index in [0.717, 1.165) is 50.0 Å². The van der Waals surface area contributed by atoms with Crippen molar-refractivity contribution in [2.45, 2.75) is 64.0 Å². The summed E-state index contributed by atoms with van der Waals surface area (Å²) in [6.07, 6.45) is 11.9. The summed E-state index contributed by atoms with van der Waals surface area (Å²) >= 11 is 6.35. The van der Waals surface area contributed by atoms with E-state index >= 15 is 0 Å². The van der Waals surface area contributed by atoms with Crippen LogP contribution in [-0.2, 0) is 16.4 Å². The molecule has 0 spiro atoms. The highest BCUT2D eigenvalue weighted by molar-refractivity contribution is 7.89. The first-order valence-electron chi connectivity index (χ1n) is 13.1. The molecule has 5 unspecified atom stereocenters. The number of aliphatic hydroxyl groups excluding tert-OH is 1. The first-order valence-corrected chi connectivity index (χ1v) is 15.1. The molecule has 2 aliphatic heterocycles. The zero-order valence-electron chi connectivity index (χ0n) is 20.3. The van der Waals surface area contributed by atoms with E-state index in [9.17, 15) is 13.5 Å². The number of benzene rings is 1. The fraction of sp³-hybridized carbons (Fsp3) is 0.571. The Morgan fingerprint density at radius 3 is 2.71 bits per heavy atom. The van der Waals surface area contributed by atoms with Gasteiger partial charge in [0.15, 0.2) is 0 Å². The second-order valence-corrected chi connectivity index (χ2v) is 13.7. The van der Waals surface area contributed by atoms with Crippen LogP contribution in [0.15, 0.2) is 47.7 Å². The van der Waals surface area contributed by atoms with Crippen molar-refractivity contribution in [2.75, 3.05) is 18.8 Å². The van der Waals surface area contributed by atoms with Crippen molar-refractivity contribution in [3.05, 3.63) is 63.8 Å². The van der Waals surface area contributed by atoms with Gasteiger partial charge in [-0.05, 0) is 103 Å².